The van der Waals surface area contributed by atoms with E-state index in [1.165, 1.54) is 19.4 Å². The van der Waals surface area contributed by atoms with Gasteiger partial charge in [0.15, 0.2) is 12.2 Å². The minimum absolute atomic E-state index is 0.0745. The van der Waals surface area contributed by atoms with Gasteiger partial charge in [-0.2, -0.15) is 0 Å². The van der Waals surface area contributed by atoms with E-state index in [-0.39, 0.29) is 6.10 Å². The maximum Gasteiger partial charge on any atom is 0.303 e. The minimum Gasteiger partial charge on any atom is -0.468 e. The molecule has 5 unspecified atom stereocenters. The fourth-order valence-corrected chi connectivity index (χ4v) is 4.77. The molecule has 0 spiro atoms. The monoisotopic (exact) mass is 418 g/mol. The molecule has 0 N–H and O–H groups in total. The van der Waals surface area contributed by atoms with E-state index in [2.05, 4.69) is 19.9 Å². The first-order valence-electron chi connectivity index (χ1n) is 10.9. The molecule has 2 bridgehead atoms. The number of hydrogen-bond donors (Lipinski definition) is 0. The Hall–Kier alpha value is -2.08. The van der Waals surface area contributed by atoms with Crippen molar-refractivity contribution in [2.75, 3.05) is 0 Å². The summed E-state index contributed by atoms with van der Waals surface area (Å²) in [5.74, 6) is 0.239. The van der Waals surface area contributed by atoms with Crippen LogP contribution in [0.5, 0.6) is 0 Å². The van der Waals surface area contributed by atoms with Gasteiger partial charge in [-0.3, -0.25) is 9.59 Å². The Kier molecular flexibility index (Phi) is 6.75. The largest absolute Gasteiger partial charge is 0.468 e. The maximum absolute atomic E-state index is 12.1. The first kappa shape index (κ1) is 22.6. The second-order valence-corrected chi connectivity index (χ2v) is 9.11. The predicted molar refractivity (Wildman–Crippen MR) is 112 cm³/mol. The summed E-state index contributed by atoms with van der Waals surface area (Å²) < 4.78 is 24.0. The average molecular weight is 419 g/mol. The van der Waals surface area contributed by atoms with Crippen molar-refractivity contribution in [3.63, 3.8) is 0 Å². The van der Waals surface area contributed by atoms with Gasteiger partial charge < -0.3 is 18.6 Å². The number of carbonyl (C=O) groups is 2. The summed E-state index contributed by atoms with van der Waals surface area (Å²) in [6, 6.07) is 0. The van der Waals surface area contributed by atoms with Crippen molar-refractivity contribution in [3.8, 4) is 0 Å². The van der Waals surface area contributed by atoms with Gasteiger partial charge in [0.2, 0.25) is 0 Å². The van der Waals surface area contributed by atoms with Crippen molar-refractivity contribution in [1.82, 2.24) is 0 Å². The van der Waals surface area contributed by atoms with Gasteiger partial charge in [-0.15, -0.1) is 0 Å². The summed E-state index contributed by atoms with van der Waals surface area (Å²) in [4.78, 5) is 24.2. The number of ether oxygens (including phenoxy) is 3. The molecular weight excluding hydrogens is 384 g/mol. The van der Waals surface area contributed by atoms with Gasteiger partial charge in [-0.25, -0.2) is 0 Å². The third kappa shape index (κ3) is 4.80. The Morgan fingerprint density at radius 2 is 1.83 bits per heavy atom. The molecule has 3 heterocycles. The van der Waals surface area contributed by atoms with Crippen molar-refractivity contribution in [2.24, 2.45) is 5.92 Å². The molecule has 166 valence electrons. The molecule has 2 aliphatic heterocycles. The number of hydrogen-bond acceptors (Lipinski definition) is 6. The van der Waals surface area contributed by atoms with Gasteiger partial charge >= 0.3 is 11.9 Å². The molecule has 1 saturated heterocycles. The molecule has 5 atom stereocenters. The fourth-order valence-electron chi connectivity index (χ4n) is 4.77. The lowest BCUT2D eigenvalue weighted by Crippen LogP contribution is -2.47. The van der Waals surface area contributed by atoms with Crippen LogP contribution in [0.4, 0.5) is 0 Å². The summed E-state index contributed by atoms with van der Waals surface area (Å²) in [6.45, 7) is 10.9. The lowest BCUT2D eigenvalue weighted by molar-refractivity contribution is -0.197. The van der Waals surface area contributed by atoms with Gasteiger partial charge in [-0.1, -0.05) is 18.6 Å². The van der Waals surface area contributed by atoms with Crippen LogP contribution in [-0.2, 0) is 30.2 Å². The molecule has 0 saturated carbocycles. The summed E-state index contributed by atoms with van der Waals surface area (Å²) in [6.07, 6.45) is 6.63. The number of rotatable bonds is 2. The highest BCUT2D eigenvalue weighted by Crippen LogP contribution is 2.45. The molecule has 1 aromatic heterocycles. The number of carbonyl (C=O) groups excluding carboxylic acids is 2. The van der Waals surface area contributed by atoms with Crippen LogP contribution in [0.2, 0.25) is 0 Å². The minimum atomic E-state index is -0.798. The molecule has 0 radical (unpaired) electrons. The van der Waals surface area contributed by atoms with E-state index in [4.69, 9.17) is 18.6 Å². The van der Waals surface area contributed by atoms with Gasteiger partial charge in [0.25, 0.3) is 0 Å². The summed E-state index contributed by atoms with van der Waals surface area (Å²) in [7, 11) is 0. The molecule has 1 fully saturated rings. The zero-order valence-corrected chi connectivity index (χ0v) is 18.9. The first-order valence-corrected chi connectivity index (χ1v) is 10.9. The Bertz CT molecular complexity index is 822. The second kappa shape index (κ2) is 8.96. The van der Waals surface area contributed by atoms with Crippen molar-refractivity contribution in [3.05, 3.63) is 34.8 Å². The SMILES string of the molecule is CC(=O)OC1c2c(C)coc2CC(C)=CCCC(C)C2CCC(C)(O2)C1OC(C)=O. The molecule has 6 nitrogen and oxygen atoms in total. The van der Waals surface area contributed by atoms with Crippen molar-refractivity contribution in [2.45, 2.75) is 97.6 Å². The average Bonchev–Trinajstić information content (AvgIpc) is 3.21. The van der Waals surface area contributed by atoms with Crippen LogP contribution in [0, 0.1) is 12.8 Å². The smallest absolute Gasteiger partial charge is 0.303 e. The summed E-state index contributed by atoms with van der Waals surface area (Å²) >= 11 is 0. The third-order valence-corrected chi connectivity index (χ3v) is 6.39. The molecule has 0 amide bonds. The number of esters is 2. The standard InChI is InChI=1S/C24H34O6/c1-14-8-7-9-15(2)19-10-11-24(6,30-19)23(29-18(5)26)22(28-17(4)25)21-16(3)13-27-20(21)12-14/h8,13,15,19,22-23H,7,9-12H2,1-6H3. The number of allylic oxidation sites excluding steroid dienone is 2. The zero-order chi connectivity index (χ0) is 22.1. The predicted octanol–water partition coefficient (Wildman–Crippen LogP) is 4.98. The van der Waals surface area contributed by atoms with Crippen LogP contribution < -0.4 is 0 Å². The van der Waals surface area contributed by atoms with Crippen LogP contribution >= 0.6 is 0 Å². The van der Waals surface area contributed by atoms with Crippen LogP contribution in [0.25, 0.3) is 0 Å². The highest BCUT2D eigenvalue weighted by molar-refractivity contribution is 5.68. The molecule has 6 heteroatoms. The normalized spacial score (nSPS) is 32.1. The lowest BCUT2D eigenvalue weighted by atomic mass is 9.85. The number of aryl methyl sites for hydroxylation is 1. The molecule has 0 aromatic carbocycles. The van der Waals surface area contributed by atoms with E-state index in [0.717, 1.165) is 42.6 Å². The molecule has 2 aliphatic rings. The van der Waals surface area contributed by atoms with Crippen molar-refractivity contribution >= 4 is 11.9 Å². The van der Waals surface area contributed by atoms with Gasteiger partial charge in [0.05, 0.1) is 12.4 Å². The first-order chi connectivity index (χ1) is 14.1. The van der Waals surface area contributed by atoms with Crippen LogP contribution in [0.15, 0.2) is 22.3 Å². The number of furan rings is 1. The van der Waals surface area contributed by atoms with E-state index in [0.29, 0.717) is 12.3 Å². The van der Waals surface area contributed by atoms with E-state index in [1.54, 1.807) is 6.26 Å². The maximum atomic E-state index is 12.1. The Balaban J connectivity index is 2.15. The van der Waals surface area contributed by atoms with E-state index in [9.17, 15) is 9.59 Å². The Labute approximate surface area is 178 Å². The summed E-state index contributed by atoms with van der Waals surface area (Å²) in [5, 5.41) is 0. The Morgan fingerprint density at radius 3 is 2.50 bits per heavy atom. The second-order valence-electron chi connectivity index (χ2n) is 9.11. The van der Waals surface area contributed by atoms with Crippen LogP contribution in [-0.4, -0.2) is 29.7 Å². The van der Waals surface area contributed by atoms with E-state index >= 15 is 0 Å². The Morgan fingerprint density at radius 1 is 1.13 bits per heavy atom. The highest BCUT2D eigenvalue weighted by Gasteiger charge is 2.51. The van der Waals surface area contributed by atoms with Crippen LogP contribution in [0.3, 0.4) is 0 Å². The fraction of sp³-hybridized carbons (Fsp3) is 0.667. The topological polar surface area (TPSA) is 75.0 Å². The molecule has 0 aliphatic carbocycles. The lowest BCUT2D eigenvalue weighted by Gasteiger charge is -2.38. The molecule has 3 rings (SSSR count). The van der Waals surface area contributed by atoms with Crippen molar-refractivity contribution in [1.29, 1.82) is 0 Å². The zero-order valence-electron chi connectivity index (χ0n) is 18.9. The van der Waals surface area contributed by atoms with E-state index in [1.807, 2.05) is 13.8 Å². The quantitative estimate of drug-likeness (QED) is 0.498. The molecule has 30 heavy (non-hydrogen) atoms. The van der Waals surface area contributed by atoms with E-state index < -0.39 is 29.7 Å². The van der Waals surface area contributed by atoms with Gasteiger partial charge in [-0.05, 0) is 57.9 Å². The van der Waals surface area contributed by atoms with Crippen LogP contribution in [0.1, 0.15) is 83.3 Å². The van der Waals surface area contributed by atoms with Gasteiger partial charge in [0, 0.05) is 25.8 Å². The molecular formula is C24H34O6. The summed E-state index contributed by atoms with van der Waals surface area (Å²) in [5.41, 5.74) is 2.06. The third-order valence-electron chi connectivity index (χ3n) is 6.39. The van der Waals surface area contributed by atoms with Gasteiger partial charge in [0.1, 0.15) is 11.4 Å². The molecule has 1 aromatic rings. The highest BCUT2D eigenvalue weighted by atomic mass is 16.6. The number of fused-ring (bicyclic) bond motifs is 3. The van der Waals surface area contributed by atoms with Crippen molar-refractivity contribution < 1.29 is 28.2 Å².